The van der Waals surface area contributed by atoms with Crippen molar-refractivity contribution in [3.05, 3.63) is 29.5 Å². The van der Waals surface area contributed by atoms with E-state index in [2.05, 4.69) is 9.84 Å². The van der Waals surface area contributed by atoms with E-state index in [0.717, 1.165) is 22.9 Å². The lowest BCUT2D eigenvalue weighted by Crippen LogP contribution is -1.89. The van der Waals surface area contributed by atoms with Crippen LogP contribution < -0.4 is 0 Å². The first-order chi connectivity index (χ1) is 8.63. The van der Waals surface area contributed by atoms with E-state index >= 15 is 0 Å². The number of rotatable bonds is 1. The summed E-state index contributed by atoms with van der Waals surface area (Å²) in [5.74, 6) is 0. The third-order valence-electron chi connectivity index (χ3n) is 2.20. The van der Waals surface area contributed by atoms with Crippen LogP contribution in [0.4, 0.5) is 0 Å². The highest BCUT2D eigenvalue weighted by Crippen LogP contribution is 2.17. The summed E-state index contributed by atoms with van der Waals surface area (Å²) < 4.78 is 6.07. The molecule has 0 atom stereocenters. The second-order valence-corrected chi connectivity index (χ2v) is 3.51. The molecule has 100 valence electrons. The molecular weight excluding hydrogens is 228 g/mol. The zero-order chi connectivity index (χ0) is 14.1. The van der Waals surface area contributed by atoms with Crippen LogP contribution in [0.15, 0.2) is 18.2 Å². The van der Waals surface area contributed by atoms with Gasteiger partial charge in [0.15, 0.2) is 0 Å². The number of carbonyl (C=O) groups excluding carboxylic acids is 1. The molecule has 0 fully saturated rings. The van der Waals surface area contributed by atoms with E-state index in [1.807, 2.05) is 44.6 Å². The van der Waals surface area contributed by atoms with Gasteiger partial charge < -0.3 is 4.74 Å². The maximum atomic E-state index is 10.5. The molecule has 0 aliphatic carbocycles. The molecule has 4 nitrogen and oxygen atoms in total. The lowest BCUT2D eigenvalue weighted by atomic mass is 10.1. The van der Waals surface area contributed by atoms with Crippen molar-refractivity contribution in [2.24, 2.45) is 7.05 Å². The standard InChI is InChI=1S/C10H10N2O.C2H6O.C2H6/c1-7-9-5-8(6-13)3-4-10(9)12(2)11-7;1-3-2;1-2/h3-6H,1-2H3;1-2H3;1-2H3. The quantitative estimate of drug-likeness (QED) is 0.731. The molecule has 0 bridgehead atoms. The summed E-state index contributed by atoms with van der Waals surface area (Å²) in [4.78, 5) is 10.5. The van der Waals surface area contributed by atoms with Crippen molar-refractivity contribution in [2.75, 3.05) is 14.2 Å². The summed E-state index contributed by atoms with van der Waals surface area (Å²) >= 11 is 0. The Morgan fingerprint density at radius 1 is 1.28 bits per heavy atom. The zero-order valence-electron chi connectivity index (χ0n) is 12.0. The topological polar surface area (TPSA) is 44.1 Å². The molecule has 2 rings (SSSR count). The van der Waals surface area contributed by atoms with Gasteiger partial charge in [-0.2, -0.15) is 5.10 Å². The van der Waals surface area contributed by atoms with Crippen molar-refractivity contribution < 1.29 is 9.53 Å². The Bertz CT molecular complexity index is 490. The number of ether oxygens (including phenoxy) is 1. The highest BCUT2D eigenvalue weighted by atomic mass is 16.4. The van der Waals surface area contributed by atoms with Crippen LogP contribution in [0.1, 0.15) is 29.9 Å². The minimum Gasteiger partial charge on any atom is -0.388 e. The summed E-state index contributed by atoms with van der Waals surface area (Å²) in [7, 11) is 5.15. The Morgan fingerprint density at radius 3 is 2.33 bits per heavy atom. The van der Waals surface area contributed by atoms with E-state index in [-0.39, 0.29) is 0 Å². The summed E-state index contributed by atoms with van der Waals surface area (Å²) in [6.07, 6.45) is 0.853. The molecular formula is C14H22N2O2. The zero-order valence-corrected chi connectivity index (χ0v) is 12.0. The van der Waals surface area contributed by atoms with Crippen molar-refractivity contribution in [1.82, 2.24) is 9.78 Å². The second-order valence-electron chi connectivity index (χ2n) is 3.51. The van der Waals surface area contributed by atoms with Crippen LogP contribution in [-0.2, 0) is 11.8 Å². The lowest BCUT2D eigenvalue weighted by Gasteiger charge is -1.93. The first kappa shape index (κ1) is 16.3. The number of nitrogens with zero attached hydrogens (tertiary/aromatic N) is 2. The maximum Gasteiger partial charge on any atom is 0.150 e. The van der Waals surface area contributed by atoms with Crippen LogP contribution in [0.5, 0.6) is 0 Å². The summed E-state index contributed by atoms with van der Waals surface area (Å²) in [6, 6.07) is 5.58. The van der Waals surface area contributed by atoms with Gasteiger partial charge in [0.2, 0.25) is 0 Å². The summed E-state index contributed by atoms with van der Waals surface area (Å²) in [5.41, 5.74) is 2.72. The predicted octanol–water partition coefficient (Wildman–Crippen LogP) is 2.98. The first-order valence-corrected chi connectivity index (χ1v) is 5.92. The number of aryl methyl sites for hydroxylation is 2. The molecule has 2 aromatic rings. The number of methoxy groups -OCH3 is 1. The number of aromatic nitrogens is 2. The van der Waals surface area contributed by atoms with Gasteiger partial charge >= 0.3 is 0 Å². The lowest BCUT2D eigenvalue weighted by molar-refractivity contribution is 0.112. The molecule has 0 radical (unpaired) electrons. The van der Waals surface area contributed by atoms with Crippen molar-refractivity contribution in [3.8, 4) is 0 Å². The third kappa shape index (κ3) is 3.96. The first-order valence-electron chi connectivity index (χ1n) is 5.92. The molecule has 1 aromatic carbocycles. The molecule has 0 aliphatic rings. The summed E-state index contributed by atoms with van der Waals surface area (Å²) in [6.45, 7) is 5.94. The minimum atomic E-state index is 0.698. The van der Waals surface area contributed by atoms with Crippen LogP contribution >= 0.6 is 0 Å². The number of carbonyl (C=O) groups is 1. The van der Waals surface area contributed by atoms with Gasteiger partial charge in [0, 0.05) is 32.2 Å². The number of hydrogen-bond acceptors (Lipinski definition) is 3. The Balaban J connectivity index is 0.000000509. The Hall–Kier alpha value is -1.68. The second kappa shape index (κ2) is 8.42. The molecule has 18 heavy (non-hydrogen) atoms. The van der Waals surface area contributed by atoms with E-state index in [1.165, 1.54) is 0 Å². The van der Waals surface area contributed by atoms with Crippen LogP contribution in [0.25, 0.3) is 10.9 Å². The number of aldehydes is 1. The van der Waals surface area contributed by atoms with Gasteiger partial charge in [-0.3, -0.25) is 9.48 Å². The minimum absolute atomic E-state index is 0.698. The number of benzene rings is 1. The van der Waals surface area contributed by atoms with E-state index < -0.39 is 0 Å². The van der Waals surface area contributed by atoms with E-state index in [4.69, 9.17) is 0 Å². The predicted molar refractivity (Wildman–Crippen MR) is 75.1 cm³/mol. The van der Waals surface area contributed by atoms with Crippen LogP contribution in [-0.4, -0.2) is 30.3 Å². The molecule has 4 heteroatoms. The highest BCUT2D eigenvalue weighted by Gasteiger charge is 2.04. The number of fused-ring (bicyclic) bond motifs is 1. The van der Waals surface area contributed by atoms with Crippen LogP contribution in [0, 0.1) is 6.92 Å². The SMILES string of the molecule is CC.COC.Cc1nn(C)c2ccc(C=O)cc12. The average Bonchev–Trinajstić information content (AvgIpc) is 2.68. The van der Waals surface area contributed by atoms with Gasteiger partial charge in [0.05, 0.1) is 11.2 Å². The van der Waals surface area contributed by atoms with Crippen molar-refractivity contribution in [3.63, 3.8) is 0 Å². The molecule has 0 saturated carbocycles. The molecule has 0 unspecified atom stereocenters. The largest absolute Gasteiger partial charge is 0.388 e. The molecule has 0 aliphatic heterocycles. The smallest absolute Gasteiger partial charge is 0.150 e. The fourth-order valence-electron chi connectivity index (χ4n) is 1.53. The van der Waals surface area contributed by atoms with Gasteiger partial charge in [0.1, 0.15) is 6.29 Å². The fraction of sp³-hybridized carbons (Fsp3) is 0.429. The average molecular weight is 250 g/mol. The molecule has 0 spiro atoms. The Kier molecular flexibility index (Phi) is 7.63. The summed E-state index contributed by atoms with van der Waals surface area (Å²) in [5, 5.41) is 5.31. The van der Waals surface area contributed by atoms with Crippen LogP contribution in [0.2, 0.25) is 0 Å². The van der Waals surface area contributed by atoms with E-state index in [1.54, 1.807) is 20.3 Å². The molecule has 1 aromatic heterocycles. The van der Waals surface area contributed by atoms with Crippen molar-refractivity contribution >= 4 is 17.2 Å². The molecule has 1 heterocycles. The van der Waals surface area contributed by atoms with Gasteiger partial charge in [-0.05, 0) is 25.1 Å². The van der Waals surface area contributed by atoms with E-state index in [9.17, 15) is 4.79 Å². The Labute approximate surface area is 109 Å². The normalized spacial score (nSPS) is 9.00. The molecule has 0 N–H and O–H groups in total. The highest BCUT2D eigenvalue weighted by molar-refractivity contribution is 5.88. The molecule has 0 amide bonds. The van der Waals surface area contributed by atoms with E-state index in [0.29, 0.717) is 5.56 Å². The maximum absolute atomic E-state index is 10.5. The van der Waals surface area contributed by atoms with Gasteiger partial charge in [-0.1, -0.05) is 13.8 Å². The van der Waals surface area contributed by atoms with Gasteiger partial charge in [-0.15, -0.1) is 0 Å². The van der Waals surface area contributed by atoms with Crippen molar-refractivity contribution in [1.29, 1.82) is 0 Å². The number of hydrogen-bond donors (Lipinski definition) is 0. The molecule has 0 saturated heterocycles. The van der Waals surface area contributed by atoms with Crippen LogP contribution in [0.3, 0.4) is 0 Å². The fourth-order valence-corrected chi connectivity index (χ4v) is 1.53. The monoisotopic (exact) mass is 250 g/mol. The third-order valence-corrected chi connectivity index (χ3v) is 2.20. The van der Waals surface area contributed by atoms with Gasteiger partial charge in [0.25, 0.3) is 0 Å². The Morgan fingerprint density at radius 2 is 1.83 bits per heavy atom. The van der Waals surface area contributed by atoms with Gasteiger partial charge in [-0.25, -0.2) is 0 Å². The van der Waals surface area contributed by atoms with Crippen molar-refractivity contribution in [2.45, 2.75) is 20.8 Å².